The van der Waals surface area contributed by atoms with Gasteiger partial charge >= 0.3 is 6.09 Å². The predicted molar refractivity (Wildman–Crippen MR) is 80.1 cm³/mol. The molecule has 0 N–H and O–H groups in total. The third-order valence-corrected chi connectivity index (χ3v) is 3.44. The molecule has 1 aromatic heterocycles. The molecule has 0 saturated carbocycles. The second kappa shape index (κ2) is 6.15. The number of hydrogen-bond donors (Lipinski definition) is 0. The molecule has 1 aromatic rings. The molecular weight excluding hydrogens is 292 g/mol. The van der Waals surface area contributed by atoms with Gasteiger partial charge in [0.15, 0.2) is 5.15 Å². The van der Waals surface area contributed by atoms with E-state index >= 15 is 0 Å². The Balaban J connectivity index is 1.78. The van der Waals surface area contributed by atoms with Gasteiger partial charge in [-0.05, 0) is 40.0 Å². The van der Waals surface area contributed by atoms with Crippen molar-refractivity contribution in [2.45, 2.75) is 39.0 Å². The first kappa shape index (κ1) is 16.0. The second-order valence-corrected chi connectivity index (χ2v) is 6.69. The number of nitrogens with zero attached hydrogens (tertiary/aromatic N) is 4. The number of amides is 1. The SMILES string of the molecule is CN(Cc1ccc(Cl)nn1)C1CN(C(=O)OC(C)(C)C)C1. The highest BCUT2D eigenvalue weighted by atomic mass is 35.5. The van der Waals surface area contributed by atoms with E-state index in [2.05, 4.69) is 15.1 Å². The normalized spacial score (nSPS) is 16.0. The van der Waals surface area contributed by atoms with Crippen LogP contribution >= 0.6 is 11.6 Å². The van der Waals surface area contributed by atoms with Crippen LogP contribution in [0.5, 0.6) is 0 Å². The van der Waals surface area contributed by atoms with Crippen molar-refractivity contribution >= 4 is 17.7 Å². The molecular formula is C14H21ClN4O2. The lowest BCUT2D eigenvalue weighted by molar-refractivity contribution is -0.0122. The molecule has 0 atom stereocenters. The molecule has 0 unspecified atom stereocenters. The van der Waals surface area contributed by atoms with E-state index in [0.29, 0.717) is 30.8 Å². The summed E-state index contributed by atoms with van der Waals surface area (Å²) < 4.78 is 5.33. The Kier molecular flexibility index (Phi) is 4.68. The molecule has 2 heterocycles. The van der Waals surface area contributed by atoms with Crippen LogP contribution < -0.4 is 0 Å². The molecule has 7 heteroatoms. The van der Waals surface area contributed by atoms with Gasteiger partial charge in [-0.1, -0.05) is 11.6 Å². The van der Waals surface area contributed by atoms with Crippen LogP contribution in [0.15, 0.2) is 12.1 Å². The van der Waals surface area contributed by atoms with Gasteiger partial charge in [0.05, 0.1) is 5.69 Å². The van der Waals surface area contributed by atoms with Gasteiger partial charge in [0.2, 0.25) is 0 Å². The van der Waals surface area contributed by atoms with Crippen LogP contribution in [0.2, 0.25) is 5.15 Å². The minimum atomic E-state index is -0.451. The van der Waals surface area contributed by atoms with Crippen molar-refractivity contribution in [3.05, 3.63) is 23.0 Å². The van der Waals surface area contributed by atoms with Crippen molar-refractivity contribution in [2.24, 2.45) is 0 Å². The largest absolute Gasteiger partial charge is 0.444 e. The molecule has 0 bridgehead atoms. The molecule has 1 aliphatic heterocycles. The van der Waals surface area contributed by atoms with Crippen LogP contribution in [0, 0.1) is 0 Å². The van der Waals surface area contributed by atoms with E-state index < -0.39 is 5.60 Å². The number of likely N-dealkylation sites (tertiary alicyclic amines) is 1. The maximum absolute atomic E-state index is 11.9. The second-order valence-electron chi connectivity index (χ2n) is 6.30. The quantitative estimate of drug-likeness (QED) is 0.856. The van der Waals surface area contributed by atoms with Crippen LogP contribution in [-0.2, 0) is 11.3 Å². The van der Waals surface area contributed by atoms with Crippen molar-refractivity contribution in [1.29, 1.82) is 0 Å². The Morgan fingerprint density at radius 1 is 1.43 bits per heavy atom. The summed E-state index contributed by atoms with van der Waals surface area (Å²) in [6.07, 6.45) is -0.251. The summed E-state index contributed by atoms with van der Waals surface area (Å²) in [5, 5.41) is 8.25. The van der Waals surface area contributed by atoms with Crippen molar-refractivity contribution < 1.29 is 9.53 Å². The van der Waals surface area contributed by atoms with Gasteiger partial charge in [0.25, 0.3) is 0 Å². The Morgan fingerprint density at radius 3 is 2.62 bits per heavy atom. The number of ether oxygens (including phenoxy) is 1. The Hall–Kier alpha value is -1.40. The lowest BCUT2D eigenvalue weighted by atomic mass is 10.1. The Labute approximate surface area is 130 Å². The van der Waals surface area contributed by atoms with Gasteiger partial charge in [-0.25, -0.2) is 4.79 Å². The minimum Gasteiger partial charge on any atom is -0.444 e. The van der Waals surface area contributed by atoms with Gasteiger partial charge in [-0.2, -0.15) is 5.10 Å². The third-order valence-electron chi connectivity index (χ3n) is 3.24. The molecule has 0 aliphatic carbocycles. The molecule has 6 nitrogen and oxygen atoms in total. The molecule has 0 aromatic carbocycles. The third kappa shape index (κ3) is 4.54. The monoisotopic (exact) mass is 312 g/mol. The van der Waals surface area contributed by atoms with Crippen LogP contribution in [0.1, 0.15) is 26.5 Å². The molecule has 0 spiro atoms. The van der Waals surface area contributed by atoms with Gasteiger partial charge in [0, 0.05) is 25.7 Å². The number of halogens is 1. The molecule has 1 amide bonds. The van der Waals surface area contributed by atoms with Gasteiger partial charge < -0.3 is 9.64 Å². The summed E-state index contributed by atoms with van der Waals surface area (Å²) in [4.78, 5) is 15.7. The zero-order valence-electron chi connectivity index (χ0n) is 12.8. The number of aromatic nitrogens is 2. The molecule has 116 valence electrons. The van der Waals surface area contributed by atoms with Crippen LogP contribution in [-0.4, -0.2) is 57.9 Å². The van der Waals surface area contributed by atoms with E-state index in [0.717, 1.165) is 5.69 Å². The summed E-state index contributed by atoms with van der Waals surface area (Å²) in [7, 11) is 2.01. The fraction of sp³-hybridized carbons (Fsp3) is 0.643. The van der Waals surface area contributed by atoms with Gasteiger partial charge in [-0.3, -0.25) is 4.90 Å². The van der Waals surface area contributed by atoms with Crippen molar-refractivity contribution in [3.63, 3.8) is 0 Å². The molecule has 2 rings (SSSR count). The van der Waals surface area contributed by atoms with Crippen molar-refractivity contribution in [3.8, 4) is 0 Å². The average molecular weight is 313 g/mol. The summed E-state index contributed by atoms with van der Waals surface area (Å²) in [5.41, 5.74) is 0.407. The van der Waals surface area contributed by atoms with Crippen LogP contribution in [0.3, 0.4) is 0 Å². The van der Waals surface area contributed by atoms with E-state index in [9.17, 15) is 4.79 Å². The van der Waals surface area contributed by atoms with E-state index in [-0.39, 0.29) is 6.09 Å². The lowest BCUT2D eigenvalue weighted by Crippen LogP contribution is -2.60. The van der Waals surface area contributed by atoms with Crippen molar-refractivity contribution in [2.75, 3.05) is 20.1 Å². The standard InChI is InChI=1S/C14H21ClN4O2/c1-14(2,3)21-13(20)19-8-11(9-19)18(4)7-10-5-6-12(15)17-16-10/h5-6,11H,7-9H2,1-4H3. The highest BCUT2D eigenvalue weighted by molar-refractivity contribution is 6.29. The Bertz CT molecular complexity index is 495. The molecule has 0 radical (unpaired) electrons. The smallest absolute Gasteiger partial charge is 0.410 e. The molecule has 1 fully saturated rings. The fourth-order valence-electron chi connectivity index (χ4n) is 2.02. The maximum Gasteiger partial charge on any atom is 0.410 e. The van der Waals surface area contributed by atoms with E-state index in [1.165, 1.54) is 0 Å². The summed E-state index contributed by atoms with van der Waals surface area (Å²) in [6.45, 7) is 7.63. The minimum absolute atomic E-state index is 0.251. The zero-order valence-corrected chi connectivity index (χ0v) is 13.6. The van der Waals surface area contributed by atoms with Gasteiger partial charge in [0.1, 0.15) is 5.60 Å². The first-order valence-corrected chi connectivity index (χ1v) is 7.28. The van der Waals surface area contributed by atoms with E-state index in [4.69, 9.17) is 16.3 Å². The van der Waals surface area contributed by atoms with E-state index in [1.807, 2.05) is 33.9 Å². The number of hydrogen-bond acceptors (Lipinski definition) is 5. The highest BCUT2D eigenvalue weighted by Crippen LogP contribution is 2.19. The number of carbonyl (C=O) groups is 1. The summed E-state index contributed by atoms with van der Waals surface area (Å²) in [5.74, 6) is 0. The van der Waals surface area contributed by atoms with Crippen molar-refractivity contribution in [1.82, 2.24) is 20.0 Å². The first-order valence-electron chi connectivity index (χ1n) is 6.91. The predicted octanol–water partition coefficient (Wildman–Crippen LogP) is 2.18. The molecule has 21 heavy (non-hydrogen) atoms. The van der Waals surface area contributed by atoms with Crippen LogP contribution in [0.4, 0.5) is 4.79 Å². The maximum atomic E-state index is 11.9. The Morgan fingerprint density at radius 2 is 2.10 bits per heavy atom. The number of likely N-dealkylation sites (N-methyl/N-ethyl adjacent to an activating group) is 1. The van der Waals surface area contributed by atoms with Gasteiger partial charge in [-0.15, -0.1) is 5.10 Å². The number of rotatable bonds is 3. The zero-order chi connectivity index (χ0) is 15.6. The number of carbonyl (C=O) groups excluding carboxylic acids is 1. The summed E-state index contributed by atoms with van der Waals surface area (Å²) in [6, 6.07) is 3.90. The fourth-order valence-corrected chi connectivity index (χ4v) is 2.12. The average Bonchev–Trinajstić information content (AvgIpc) is 2.27. The molecule has 1 saturated heterocycles. The lowest BCUT2D eigenvalue weighted by Gasteiger charge is -2.43. The topological polar surface area (TPSA) is 58.6 Å². The summed E-state index contributed by atoms with van der Waals surface area (Å²) >= 11 is 5.71. The highest BCUT2D eigenvalue weighted by Gasteiger charge is 2.35. The first-order chi connectivity index (χ1) is 9.74. The molecule has 1 aliphatic rings. The van der Waals surface area contributed by atoms with Crippen LogP contribution in [0.25, 0.3) is 0 Å². The van der Waals surface area contributed by atoms with E-state index in [1.54, 1.807) is 11.0 Å².